The zero-order valence-electron chi connectivity index (χ0n) is 8.18. The number of amides is 1. The number of fused-ring (bicyclic) bond motifs is 3. The van der Waals surface area contributed by atoms with E-state index in [9.17, 15) is 4.79 Å². The van der Waals surface area contributed by atoms with Crippen molar-refractivity contribution in [3.8, 4) is 0 Å². The van der Waals surface area contributed by atoms with Crippen LogP contribution in [-0.2, 0) is 11.2 Å². The maximum atomic E-state index is 11.1. The van der Waals surface area contributed by atoms with Crippen molar-refractivity contribution < 1.29 is 4.79 Å². The summed E-state index contributed by atoms with van der Waals surface area (Å²) in [5.41, 5.74) is 8.91. The first-order valence-corrected chi connectivity index (χ1v) is 5.06. The summed E-state index contributed by atoms with van der Waals surface area (Å²) in [6.07, 6.45) is 1.42. The van der Waals surface area contributed by atoms with E-state index in [4.69, 9.17) is 5.73 Å². The van der Waals surface area contributed by atoms with E-state index in [0.29, 0.717) is 12.3 Å². The standard InChI is InChI=1S/C11H11N3O/c12-8-1-2-9-6(4-8)3-7-5-10(15)13-14-11(7)9/h1-2,4,7,11H,3,5,12H2. The predicted octanol–water partition coefficient (Wildman–Crippen LogP) is 1.86. The van der Waals surface area contributed by atoms with Gasteiger partial charge in [0.1, 0.15) is 6.04 Å². The summed E-state index contributed by atoms with van der Waals surface area (Å²) in [5, 5.41) is 7.73. The first kappa shape index (κ1) is 8.59. The van der Waals surface area contributed by atoms with E-state index in [-0.39, 0.29) is 11.9 Å². The van der Waals surface area contributed by atoms with Gasteiger partial charge in [-0.15, -0.1) is 5.11 Å². The number of nitrogens with two attached hydrogens (primary N) is 1. The van der Waals surface area contributed by atoms with E-state index >= 15 is 0 Å². The second kappa shape index (κ2) is 2.89. The van der Waals surface area contributed by atoms with E-state index in [1.54, 1.807) is 0 Å². The van der Waals surface area contributed by atoms with Gasteiger partial charge >= 0.3 is 0 Å². The molecule has 1 heterocycles. The van der Waals surface area contributed by atoms with E-state index in [1.807, 2.05) is 18.2 Å². The van der Waals surface area contributed by atoms with E-state index in [0.717, 1.165) is 12.1 Å². The average molecular weight is 201 g/mol. The van der Waals surface area contributed by atoms with Crippen LogP contribution in [0.15, 0.2) is 28.4 Å². The minimum Gasteiger partial charge on any atom is -0.399 e. The molecule has 0 spiro atoms. The molecule has 2 N–H and O–H groups in total. The summed E-state index contributed by atoms with van der Waals surface area (Å²) in [6.45, 7) is 0. The summed E-state index contributed by atoms with van der Waals surface area (Å²) in [4.78, 5) is 11.1. The Morgan fingerprint density at radius 3 is 3.07 bits per heavy atom. The van der Waals surface area contributed by atoms with Gasteiger partial charge in [0.15, 0.2) is 0 Å². The first-order valence-electron chi connectivity index (χ1n) is 5.06. The number of hydrogen-bond acceptors (Lipinski definition) is 3. The molecule has 0 aromatic heterocycles. The van der Waals surface area contributed by atoms with Crippen LogP contribution < -0.4 is 5.73 Å². The zero-order chi connectivity index (χ0) is 10.4. The van der Waals surface area contributed by atoms with Gasteiger partial charge in [-0.1, -0.05) is 6.07 Å². The van der Waals surface area contributed by atoms with Gasteiger partial charge in [0, 0.05) is 18.0 Å². The van der Waals surface area contributed by atoms with Crippen LogP contribution in [0.25, 0.3) is 0 Å². The van der Waals surface area contributed by atoms with Crippen molar-refractivity contribution >= 4 is 11.6 Å². The topological polar surface area (TPSA) is 67.8 Å². The highest BCUT2D eigenvalue weighted by molar-refractivity contribution is 5.77. The number of hydrogen-bond donors (Lipinski definition) is 1. The van der Waals surface area contributed by atoms with Crippen LogP contribution in [0.3, 0.4) is 0 Å². The van der Waals surface area contributed by atoms with Gasteiger partial charge in [-0.25, -0.2) is 0 Å². The number of carbonyl (C=O) groups is 1. The van der Waals surface area contributed by atoms with Crippen LogP contribution in [0, 0.1) is 5.92 Å². The number of nitrogens with zero attached hydrogens (tertiary/aromatic N) is 2. The lowest BCUT2D eigenvalue weighted by atomic mass is 9.96. The largest absolute Gasteiger partial charge is 0.399 e. The highest BCUT2D eigenvalue weighted by atomic mass is 16.1. The number of carbonyl (C=O) groups excluding carboxylic acids is 1. The fourth-order valence-electron chi connectivity index (χ4n) is 2.47. The van der Waals surface area contributed by atoms with Gasteiger partial charge in [0.25, 0.3) is 5.91 Å². The molecule has 76 valence electrons. The maximum Gasteiger partial charge on any atom is 0.264 e. The van der Waals surface area contributed by atoms with Gasteiger partial charge in [0.05, 0.1) is 0 Å². The molecule has 0 saturated carbocycles. The van der Waals surface area contributed by atoms with E-state index in [1.165, 1.54) is 11.1 Å². The average Bonchev–Trinajstić information content (AvgIpc) is 2.53. The highest BCUT2D eigenvalue weighted by Gasteiger charge is 2.36. The van der Waals surface area contributed by atoms with Crippen LogP contribution in [-0.4, -0.2) is 5.91 Å². The van der Waals surface area contributed by atoms with Crippen molar-refractivity contribution in [2.45, 2.75) is 18.9 Å². The van der Waals surface area contributed by atoms with Crippen molar-refractivity contribution in [3.63, 3.8) is 0 Å². The number of rotatable bonds is 0. The SMILES string of the molecule is Nc1ccc2c(c1)CC1CC(=O)N=NC21. The molecule has 4 nitrogen and oxygen atoms in total. The Morgan fingerprint density at radius 1 is 1.33 bits per heavy atom. The van der Waals surface area contributed by atoms with Crippen LogP contribution in [0.1, 0.15) is 23.6 Å². The minimum absolute atomic E-state index is 0.0818. The normalized spacial score (nSPS) is 27.6. The summed E-state index contributed by atoms with van der Waals surface area (Å²) < 4.78 is 0. The quantitative estimate of drug-likeness (QED) is 0.651. The molecule has 2 unspecified atom stereocenters. The molecule has 1 aliphatic carbocycles. The first-order chi connectivity index (χ1) is 7.24. The maximum absolute atomic E-state index is 11.1. The van der Waals surface area contributed by atoms with E-state index in [2.05, 4.69) is 10.2 Å². The zero-order valence-corrected chi connectivity index (χ0v) is 8.18. The predicted molar refractivity (Wildman–Crippen MR) is 55.3 cm³/mol. The minimum atomic E-state index is -0.1000. The summed E-state index contributed by atoms with van der Waals surface area (Å²) in [7, 11) is 0. The third-order valence-corrected chi connectivity index (χ3v) is 3.14. The van der Waals surface area contributed by atoms with Gasteiger partial charge in [0.2, 0.25) is 0 Å². The lowest BCUT2D eigenvalue weighted by Gasteiger charge is -2.16. The number of benzene rings is 1. The number of anilines is 1. The Hall–Kier alpha value is -1.71. The van der Waals surface area contributed by atoms with Gasteiger partial charge < -0.3 is 5.73 Å². The molecule has 1 aromatic rings. The molecular weight excluding hydrogens is 190 g/mol. The van der Waals surface area contributed by atoms with E-state index < -0.39 is 0 Å². The summed E-state index contributed by atoms with van der Waals surface area (Å²) in [5.74, 6) is 0.198. The molecule has 1 aromatic carbocycles. The smallest absolute Gasteiger partial charge is 0.264 e. The Kier molecular flexibility index (Phi) is 1.65. The molecule has 0 bridgehead atoms. The van der Waals surface area contributed by atoms with Gasteiger partial charge in [-0.3, -0.25) is 4.79 Å². The summed E-state index contributed by atoms with van der Waals surface area (Å²) in [6, 6.07) is 5.95. The fourth-order valence-corrected chi connectivity index (χ4v) is 2.47. The van der Waals surface area contributed by atoms with Crippen LogP contribution >= 0.6 is 0 Å². The fraction of sp³-hybridized carbons (Fsp3) is 0.364. The molecule has 0 radical (unpaired) electrons. The van der Waals surface area contributed by atoms with Crippen molar-refractivity contribution in [2.75, 3.05) is 5.73 Å². The molecule has 2 atom stereocenters. The third-order valence-electron chi connectivity index (χ3n) is 3.14. The van der Waals surface area contributed by atoms with Crippen LogP contribution in [0.4, 0.5) is 5.69 Å². The molecular formula is C11H11N3O. The van der Waals surface area contributed by atoms with Crippen molar-refractivity contribution in [1.29, 1.82) is 0 Å². The number of azo groups is 1. The lowest BCUT2D eigenvalue weighted by Crippen LogP contribution is -2.14. The van der Waals surface area contributed by atoms with Crippen LogP contribution in [0.2, 0.25) is 0 Å². The molecule has 1 amide bonds. The van der Waals surface area contributed by atoms with Crippen molar-refractivity contribution in [2.24, 2.45) is 16.1 Å². The Bertz CT molecular complexity index is 467. The van der Waals surface area contributed by atoms with Gasteiger partial charge in [-0.2, -0.15) is 5.11 Å². The molecule has 0 fully saturated rings. The lowest BCUT2D eigenvalue weighted by molar-refractivity contribution is -0.120. The Balaban J connectivity index is 2.06. The molecule has 3 rings (SSSR count). The molecule has 1 aliphatic heterocycles. The number of nitrogen functional groups attached to an aromatic ring is 1. The monoisotopic (exact) mass is 201 g/mol. The highest BCUT2D eigenvalue weighted by Crippen LogP contribution is 2.43. The second-order valence-electron chi connectivity index (χ2n) is 4.18. The Labute approximate surface area is 87.2 Å². The second-order valence-corrected chi connectivity index (χ2v) is 4.18. The third kappa shape index (κ3) is 1.25. The van der Waals surface area contributed by atoms with Crippen molar-refractivity contribution in [1.82, 2.24) is 0 Å². The molecule has 2 aliphatic rings. The van der Waals surface area contributed by atoms with Crippen molar-refractivity contribution in [3.05, 3.63) is 29.3 Å². The Morgan fingerprint density at radius 2 is 2.20 bits per heavy atom. The summed E-state index contributed by atoms with van der Waals surface area (Å²) >= 11 is 0. The van der Waals surface area contributed by atoms with Gasteiger partial charge in [-0.05, 0) is 29.7 Å². The molecule has 4 heteroatoms. The van der Waals surface area contributed by atoms with Crippen LogP contribution in [0.5, 0.6) is 0 Å². The molecule has 0 saturated heterocycles. The molecule has 15 heavy (non-hydrogen) atoms.